The molecule has 9 nitrogen and oxygen atoms in total. The fraction of sp³-hybridized carbons (Fsp3) is 0.429. The monoisotopic (exact) mass is 409 g/mol. The highest BCUT2D eigenvalue weighted by molar-refractivity contribution is 5.89. The van der Waals surface area contributed by atoms with Crippen LogP contribution >= 0.6 is 0 Å². The molecule has 1 unspecified atom stereocenters. The predicted octanol–water partition coefficient (Wildman–Crippen LogP) is 2.50. The Bertz CT molecular complexity index is 1140. The summed E-state index contributed by atoms with van der Waals surface area (Å²) < 4.78 is 15.6. The van der Waals surface area contributed by atoms with Gasteiger partial charge in [-0.15, -0.1) is 0 Å². The van der Waals surface area contributed by atoms with E-state index in [9.17, 15) is 9.59 Å². The third-order valence-corrected chi connectivity index (χ3v) is 5.68. The Morgan fingerprint density at radius 3 is 2.97 bits per heavy atom. The number of hydrogen-bond acceptors (Lipinski definition) is 7. The summed E-state index contributed by atoms with van der Waals surface area (Å²) in [4.78, 5) is 33.3. The van der Waals surface area contributed by atoms with Gasteiger partial charge in [-0.05, 0) is 18.6 Å². The van der Waals surface area contributed by atoms with Crippen LogP contribution in [-0.2, 0) is 9.47 Å². The highest BCUT2D eigenvalue weighted by Gasteiger charge is 2.44. The molecule has 2 aromatic heterocycles. The molecule has 1 fully saturated rings. The molecule has 0 saturated carbocycles. The van der Waals surface area contributed by atoms with Crippen molar-refractivity contribution in [2.75, 3.05) is 18.5 Å². The summed E-state index contributed by atoms with van der Waals surface area (Å²) in [6.07, 6.45) is 3.73. The molecular formula is C21H23N5O4. The molecule has 4 heterocycles. The summed E-state index contributed by atoms with van der Waals surface area (Å²) in [6, 6.07) is 8.78. The largest absolute Gasteiger partial charge is 0.459 e. The number of fused-ring (bicyclic) bond motifs is 4. The van der Waals surface area contributed by atoms with Crippen LogP contribution in [0.15, 0.2) is 41.5 Å². The fourth-order valence-electron chi connectivity index (χ4n) is 4.20. The van der Waals surface area contributed by atoms with Crippen LogP contribution in [0.25, 0.3) is 11.2 Å². The molecule has 3 aromatic rings. The van der Waals surface area contributed by atoms with Crippen molar-refractivity contribution in [3.05, 3.63) is 52.6 Å². The first kappa shape index (κ1) is 18.8. The van der Waals surface area contributed by atoms with Gasteiger partial charge in [0.1, 0.15) is 18.9 Å². The molecule has 156 valence electrons. The van der Waals surface area contributed by atoms with Gasteiger partial charge in [-0.25, -0.2) is 9.78 Å². The second-order valence-electron chi connectivity index (χ2n) is 7.61. The van der Waals surface area contributed by atoms with Gasteiger partial charge in [0.15, 0.2) is 11.2 Å². The van der Waals surface area contributed by atoms with E-state index in [1.165, 1.54) is 0 Å². The number of nitrogens with one attached hydrogen (secondary N) is 1. The lowest BCUT2D eigenvalue weighted by atomic mass is 10.1. The first-order chi connectivity index (χ1) is 14.7. The standard InChI is InChI=1S/C21H23N5O4/c1-2-3-9-22-21-24-18(27)17-19-25(12-23-17)16-10-14(26(19)21)15(30-16)11-29-20(28)13-7-5-4-6-8-13/h4-8,12,14-16H,2-3,9-11H2,1H3,(H,22,24,27)/t14-,15+,16?/m0/s1. The van der Waals surface area contributed by atoms with Gasteiger partial charge in [0.2, 0.25) is 5.95 Å². The summed E-state index contributed by atoms with van der Waals surface area (Å²) in [5.41, 5.74) is 1.18. The Morgan fingerprint density at radius 1 is 1.33 bits per heavy atom. The molecule has 3 atom stereocenters. The number of carbonyl (C=O) groups is 1. The Kier molecular flexibility index (Phi) is 4.74. The topological polar surface area (TPSA) is 100 Å². The lowest BCUT2D eigenvalue weighted by molar-refractivity contribution is -0.0331. The number of rotatable bonds is 7. The molecule has 9 heteroatoms. The third-order valence-electron chi connectivity index (χ3n) is 5.68. The average Bonchev–Trinajstić information content (AvgIpc) is 3.36. The minimum Gasteiger partial charge on any atom is -0.459 e. The SMILES string of the molecule is CCCCNc1nc(=O)c2ncn3c2n1[C@H]1CC3O[C@@H]1COC(=O)c1ccccc1. The number of imidazole rings is 1. The molecule has 0 radical (unpaired) electrons. The van der Waals surface area contributed by atoms with Crippen molar-refractivity contribution in [1.29, 1.82) is 0 Å². The Hall–Kier alpha value is -3.20. The van der Waals surface area contributed by atoms with Crippen molar-refractivity contribution in [1.82, 2.24) is 19.1 Å². The van der Waals surface area contributed by atoms with E-state index >= 15 is 0 Å². The van der Waals surface area contributed by atoms with Crippen LogP contribution in [0.3, 0.4) is 0 Å². The maximum atomic E-state index is 12.5. The van der Waals surface area contributed by atoms with Crippen LogP contribution in [0, 0.1) is 0 Å². The normalized spacial score (nSPS) is 21.7. The van der Waals surface area contributed by atoms with Crippen LogP contribution < -0.4 is 10.9 Å². The average molecular weight is 409 g/mol. The zero-order valence-electron chi connectivity index (χ0n) is 16.7. The van der Waals surface area contributed by atoms with E-state index in [0.717, 1.165) is 12.8 Å². The number of aromatic nitrogens is 4. The summed E-state index contributed by atoms with van der Waals surface area (Å²) in [5, 5.41) is 3.29. The van der Waals surface area contributed by atoms with Crippen LogP contribution in [-0.4, -0.2) is 44.3 Å². The van der Waals surface area contributed by atoms with E-state index in [0.29, 0.717) is 35.6 Å². The van der Waals surface area contributed by atoms with E-state index in [1.807, 2.05) is 15.2 Å². The van der Waals surface area contributed by atoms with E-state index in [4.69, 9.17) is 9.47 Å². The van der Waals surface area contributed by atoms with Crippen molar-refractivity contribution in [2.24, 2.45) is 0 Å². The smallest absolute Gasteiger partial charge is 0.338 e. The lowest BCUT2D eigenvalue weighted by Crippen LogP contribution is -2.31. The molecule has 1 aromatic carbocycles. The van der Waals surface area contributed by atoms with Gasteiger partial charge in [-0.2, -0.15) is 4.98 Å². The van der Waals surface area contributed by atoms with Crippen molar-refractivity contribution < 1.29 is 14.3 Å². The quantitative estimate of drug-likeness (QED) is 0.473. The molecular weight excluding hydrogens is 386 g/mol. The van der Waals surface area contributed by atoms with Crippen molar-refractivity contribution in [3.63, 3.8) is 0 Å². The Labute approximate surface area is 172 Å². The minimum atomic E-state index is -0.383. The van der Waals surface area contributed by atoms with E-state index < -0.39 is 0 Å². The minimum absolute atomic E-state index is 0.109. The zero-order chi connectivity index (χ0) is 20.7. The number of anilines is 1. The molecule has 0 aliphatic carbocycles. The number of hydrogen-bond donors (Lipinski definition) is 1. The maximum Gasteiger partial charge on any atom is 0.338 e. The van der Waals surface area contributed by atoms with Gasteiger partial charge in [0.25, 0.3) is 0 Å². The summed E-state index contributed by atoms with van der Waals surface area (Å²) in [6.45, 7) is 2.94. The van der Waals surface area contributed by atoms with Gasteiger partial charge >= 0.3 is 11.5 Å². The molecule has 1 N–H and O–H groups in total. The van der Waals surface area contributed by atoms with E-state index in [2.05, 4.69) is 22.2 Å². The number of unbranched alkanes of at least 4 members (excludes halogenated alkanes) is 1. The van der Waals surface area contributed by atoms with Crippen molar-refractivity contribution in [2.45, 2.75) is 44.6 Å². The molecule has 2 aliphatic rings. The van der Waals surface area contributed by atoms with Gasteiger partial charge in [-0.1, -0.05) is 31.5 Å². The van der Waals surface area contributed by atoms with Crippen LogP contribution in [0.4, 0.5) is 5.95 Å². The van der Waals surface area contributed by atoms with Crippen LogP contribution in [0.5, 0.6) is 0 Å². The number of carbonyl (C=O) groups excluding carboxylic acids is 1. The summed E-state index contributed by atoms with van der Waals surface area (Å²) in [5.74, 6) is 0.127. The van der Waals surface area contributed by atoms with Crippen LogP contribution in [0.2, 0.25) is 0 Å². The van der Waals surface area contributed by atoms with Gasteiger partial charge < -0.3 is 14.8 Å². The zero-order valence-corrected chi connectivity index (χ0v) is 16.7. The predicted molar refractivity (Wildman–Crippen MR) is 109 cm³/mol. The molecule has 1 saturated heterocycles. The number of nitrogens with zero attached hydrogens (tertiary/aromatic N) is 4. The van der Waals surface area contributed by atoms with Crippen molar-refractivity contribution in [3.8, 4) is 0 Å². The van der Waals surface area contributed by atoms with E-state index in [-0.39, 0.29) is 36.5 Å². The fourth-order valence-corrected chi connectivity index (χ4v) is 4.20. The maximum absolute atomic E-state index is 12.5. The van der Waals surface area contributed by atoms with E-state index in [1.54, 1.807) is 30.6 Å². The summed E-state index contributed by atoms with van der Waals surface area (Å²) >= 11 is 0. The Morgan fingerprint density at radius 2 is 2.17 bits per heavy atom. The molecule has 2 aliphatic heterocycles. The first-order valence-corrected chi connectivity index (χ1v) is 10.3. The highest BCUT2D eigenvalue weighted by atomic mass is 16.6. The second-order valence-corrected chi connectivity index (χ2v) is 7.61. The van der Waals surface area contributed by atoms with Gasteiger partial charge in [-0.3, -0.25) is 13.9 Å². The molecule has 5 rings (SSSR count). The first-order valence-electron chi connectivity index (χ1n) is 10.3. The number of esters is 1. The third kappa shape index (κ3) is 3.06. The summed E-state index contributed by atoms with van der Waals surface area (Å²) in [7, 11) is 0. The molecule has 0 spiro atoms. The number of ether oxygens (including phenoxy) is 2. The second kappa shape index (κ2) is 7.56. The molecule has 30 heavy (non-hydrogen) atoms. The van der Waals surface area contributed by atoms with Gasteiger partial charge in [0.05, 0.1) is 17.9 Å². The van der Waals surface area contributed by atoms with Crippen molar-refractivity contribution >= 4 is 23.1 Å². The molecule has 0 amide bonds. The Balaban J connectivity index is 1.44. The van der Waals surface area contributed by atoms with Gasteiger partial charge in [0, 0.05) is 13.0 Å². The number of benzene rings is 1. The lowest BCUT2D eigenvalue weighted by Gasteiger charge is -2.26. The molecule has 2 bridgehead atoms. The van der Waals surface area contributed by atoms with Crippen LogP contribution in [0.1, 0.15) is 48.8 Å². The highest BCUT2D eigenvalue weighted by Crippen LogP contribution is 2.44.